The van der Waals surface area contributed by atoms with E-state index in [0.29, 0.717) is 10.3 Å². The Morgan fingerprint density at radius 3 is 2.67 bits per heavy atom. The fraction of sp³-hybridized carbons (Fsp3) is 0.250. The number of halogens is 1. The first-order chi connectivity index (χ1) is 10.1. The normalized spacial score (nSPS) is 11.2. The van der Waals surface area contributed by atoms with Gasteiger partial charge in [-0.15, -0.1) is 0 Å². The van der Waals surface area contributed by atoms with Crippen molar-refractivity contribution in [2.75, 3.05) is 18.0 Å². The van der Waals surface area contributed by atoms with Gasteiger partial charge in [-0.25, -0.2) is 0 Å². The third-order valence-electron chi connectivity index (χ3n) is 3.70. The van der Waals surface area contributed by atoms with Crippen molar-refractivity contribution in [2.45, 2.75) is 13.8 Å². The molecule has 2 heterocycles. The predicted molar refractivity (Wildman–Crippen MR) is 90.2 cm³/mol. The first-order valence-corrected chi connectivity index (χ1v) is 7.80. The van der Waals surface area contributed by atoms with Gasteiger partial charge in [-0.1, -0.05) is 6.07 Å². The molecule has 0 aliphatic carbocycles. The Hall–Kier alpha value is -1.88. The molecular formula is C16H16BrN3O. The summed E-state index contributed by atoms with van der Waals surface area (Å²) in [5.41, 5.74) is 2.83. The number of nitrogens with one attached hydrogen (secondary N) is 1. The minimum absolute atomic E-state index is 0.252. The number of H-pyrrole nitrogens is 1. The number of rotatable bonds is 3. The first kappa shape index (κ1) is 14.1. The van der Waals surface area contributed by atoms with Crippen molar-refractivity contribution in [1.29, 1.82) is 0 Å². The average Bonchev–Trinajstić information content (AvgIpc) is 2.48. The molecule has 0 bridgehead atoms. The van der Waals surface area contributed by atoms with E-state index in [4.69, 9.17) is 0 Å². The molecule has 0 spiro atoms. The van der Waals surface area contributed by atoms with Gasteiger partial charge in [-0.05, 0) is 59.4 Å². The molecule has 0 saturated carbocycles. The van der Waals surface area contributed by atoms with Gasteiger partial charge < -0.3 is 9.88 Å². The quantitative estimate of drug-likeness (QED) is 0.737. The van der Waals surface area contributed by atoms with Crippen LogP contribution in [0.4, 0.5) is 5.69 Å². The minimum Gasteiger partial charge on any atom is -0.372 e. The molecule has 0 amide bonds. The van der Waals surface area contributed by atoms with Crippen molar-refractivity contribution in [1.82, 2.24) is 9.97 Å². The summed E-state index contributed by atoms with van der Waals surface area (Å²) in [6.07, 6.45) is 0. The number of nitrogens with zero attached hydrogens (tertiary/aromatic N) is 2. The summed E-state index contributed by atoms with van der Waals surface area (Å²) in [7, 11) is 0. The number of benzene rings is 1. The van der Waals surface area contributed by atoms with Crippen LogP contribution in [0.15, 0.2) is 39.6 Å². The lowest BCUT2D eigenvalue weighted by Crippen LogP contribution is -2.21. The van der Waals surface area contributed by atoms with Gasteiger partial charge in [-0.3, -0.25) is 4.79 Å². The zero-order valence-electron chi connectivity index (χ0n) is 12.0. The molecule has 0 saturated heterocycles. The van der Waals surface area contributed by atoms with Gasteiger partial charge >= 0.3 is 0 Å². The lowest BCUT2D eigenvalue weighted by Gasteiger charge is -2.21. The molecule has 0 aromatic heterocycles. The zero-order chi connectivity index (χ0) is 15.0. The van der Waals surface area contributed by atoms with E-state index >= 15 is 0 Å². The van der Waals surface area contributed by atoms with Crippen LogP contribution in [-0.4, -0.2) is 23.1 Å². The molecule has 4 nitrogen and oxygen atoms in total. The van der Waals surface area contributed by atoms with E-state index in [2.05, 4.69) is 62.8 Å². The Balaban J connectivity index is 2.22. The molecule has 1 N–H and O–H groups in total. The van der Waals surface area contributed by atoms with Gasteiger partial charge in [0, 0.05) is 29.9 Å². The highest BCUT2D eigenvalue weighted by Crippen LogP contribution is 2.27. The van der Waals surface area contributed by atoms with Gasteiger partial charge in [0.25, 0.3) is 5.56 Å². The first-order valence-electron chi connectivity index (χ1n) is 7.00. The minimum atomic E-state index is -0.252. The molecule has 0 radical (unpaired) electrons. The molecule has 108 valence electrons. The summed E-state index contributed by atoms with van der Waals surface area (Å²) in [5.74, 6) is 0.618. The molecule has 3 rings (SSSR count). The van der Waals surface area contributed by atoms with E-state index in [-0.39, 0.29) is 5.56 Å². The Bertz CT molecular complexity index is 824. The van der Waals surface area contributed by atoms with Crippen LogP contribution in [0, 0.1) is 0 Å². The molecule has 5 heteroatoms. The maximum Gasteiger partial charge on any atom is 0.286 e. The zero-order valence-corrected chi connectivity index (χ0v) is 13.6. The topological polar surface area (TPSA) is 49.0 Å². The number of fused-ring (bicyclic) bond motifs is 2. The fourth-order valence-electron chi connectivity index (χ4n) is 2.56. The second-order valence-corrected chi connectivity index (χ2v) is 5.78. The standard InChI is InChI=1S/C16H16BrN3O/c1-3-20(4-2)12-6-5-10-7-11-8-13(17)16(21)19-15(11)18-14(10)9-12/h5-9H,3-4H2,1-2H3,(H,18,19,21). The largest absolute Gasteiger partial charge is 0.372 e. The lowest BCUT2D eigenvalue weighted by atomic mass is 10.1. The van der Waals surface area contributed by atoms with E-state index in [0.717, 1.165) is 29.6 Å². The van der Waals surface area contributed by atoms with Crippen LogP contribution in [0.1, 0.15) is 13.8 Å². The smallest absolute Gasteiger partial charge is 0.286 e. The van der Waals surface area contributed by atoms with Crippen molar-refractivity contribution in [2.24, 2.45) is 0 Å². The van der Waals surface area contributed by atoms with E-state index in [1.807, 2.05) is 6.07 Å². The van der Waals surface area contributed by atoms with Crippen molar-refractivity contribution in [3.05, 3.63) is 45.2 Å². The second kappa shape index (κ2) is 5.48. The third-order valence-corrected chi connectivity index (χ3v) is 4.27. The molecule has 1 aromatic rings. The Labute approximate surface area is 131 Å². The molecule has 1 aromatic carbocycles. The van der Waals surface area contributed by atoms with E-state index in [1.165, 1.54) is 5.69 Å². The molecule has 21 heavy (non-hydrogen) atoms. The summed E-state index contributed by atoms with van der Waals surface area (Å²) in [5, 5.41) is 1.10. The summed E-state index contributed by atoms with van der Waals surface area (Å²) >= 11 is 3.23. The number of hydrogen-bond donors (Lipinski definition) is 1. The van der Waals surface area contributed by atoms with E-state index in [1.54, 1.807) is 6.07 Å². The highest BCUT2D eigenvalue weighted by atomic mass is 79.9. The third kappa shape index (κ3) is 2.53. The molecule has 2 aliphatic rings. The number of anilines is 1. The SMILES string of the molecule is CCN(CC)c1ccc2cc3cc(Br)c(=O)nc-3[nH]c2c1. The van der Waals surface area contributed by atoms with Crippen LogP contribution in [0.5, 0.6) is 0 Å². The Kier molecular flexibility index (Phi) is 3.68. The summed E-state index contributed by atoms with van der Waals surface area (Å²) < 4.78 is 0.488. The van der Waals surface area contributed by atoms with Gasteiger partial charge in [0.05, 0.1) is 4.47 Å². The monoisotopic (exact) mass is 345 g/mol. The van der Waals surface area contributed by atoms with Gasteiger partial charge in [0.2, 0.25) is 0 Å². The highest BCUT2D eigenvalue weighted by Gasteiger charge is 2.10. The molecule has 2 aliphatic heterocycles. The van der Waals surface area contributed by atoms with Crippen LogP contribution in [0.2, 0.25) is 0 Å². The maximum atomic E-state index is 11.7. The summed E-state index contributed by atoms with van der Waals surface area (Å²) in [6.45, 7) is 6.21. The summed E-state index contributed by atoms with van der Waals surface area (Å²) in [4.78, 5) is 21.3. The predicted octanol–water partition coefficient (Wildman–Crippen LogP) is 3.64. The molecule has 0 atom stereocenters. The van der Waals surface area contributed by atoms with Gasteiger partial charge in [0.15, 0.2) is 0 Å². The molecule has 0 fully saturated rings. The van der Waals surface area contributed by atoms with E-state index < -0.39 is 0 Å². The van der Waals surface area contributed by atoms with Crippen molar-refractivity contribution in [3.8, 4) is 11.4 Å². The molecular weight excluding hydrogens is 330 g/mol. The van der Waals surface area contributed by atoms with E-state index in [9.17, 15) is 4.79 Å². The van der Waals surface area contributed by atoms with Crippen molar-refractivity contribution in [3.63, 3.8) is 0 Å². The number of pyridine rings is 2. The number of aromatic amines is 1. The fourth-order valence-corrected chi connectivity index (χ4v) is 2.89. The number of aromatic nitrogens is 2. The average molecular weight is 346 g/mol. The number of hydrogen-bond acceptors (Lipinski definition) is 3. The van der Waals surface area contributed by atoms with Crippen molar-refractivity contribution < 1.29 is 0 Å². The summed E-state index contributed by atoms with van der Waals surface area (Å²) in [6, 6.07) is 10.2. The Morgan fingerprint density at radius 1 is 1.19 bits per heavy atom. The van der Waals surface area contributed by atoms with Crippen LogP contribution < -0.4 is 10.5 Å². The van der Waals surface area contributed by atoms with Gasteiger partial charge in [-0.2, -0.15) is 4.98 Å². The second-order valence-electron chi connectivity index (χ2n) is 4.93. The lowest BCUT2D eigenvalue weighted by molar-refractivity contribution is 0.867. The van der Waals surface area contributed by atoms with Crippen LogP contribution >= 0.6 is 15.9 Å². The van der Waals surface area contributed by atoms with Crippen molar-refractivity contribution >= 4 is 32.5 Å². The van der Waals surface area contributed by atoms with Crippen LogP contribution in [0.3, 0.4) is 0 Å². The molecule has 0 unspecified atom stereocenters. The van der Waals surface area contributed by atoms with Crippen LogP contribution in [-0.2, 0) is 0 Å². The van der Waals surface area contributed by atoms with Gasteiger partial charge in [0.1, 0.15) is 5.82 Å². The van der Waals surface area contributed by atoms with Crippen LogP contribution in [0.25, 0.3) is 22.3 Å². The Morgan fingerprint density at radius 2 is 1.95 bits per heavy atom. The highest BCUT2D eigenvalue weighted by molar-refractivity contribution is 9.10. The maximum absolute atomic E-state index is 11.7.